The Bertz CT molecular complexity index is 1240. The number of H-pyrrole nitrogens is 1. The summed E-state index contributed by atoms with van der Waals surface area (Å²) in [7, 11) is 1.46. The van der Waals surface area contributed by atoms with Gasteiger partial charge < -0.3 is 20.4 Å². The van der Waals surface area contributed by atoms with Gasteiger partial charge in [-0.2, -0.15) is 18.4 Å². The molecule has 1 fully saturated rings. The number of carbonyl (C=O) groups excluding carboxylic acids is 1. The van der Waals surface area contributed by atoms with Gasteiger partial charge in [-0.05, 0) is 31.7 Å². The van der Waals surface area contributed by atoms with Gasteiger partial charge in [0.1, 0.15) is 18.3 Å². The molecule has 1 saturated carbocycles. The van der Waals surface area contributed by atoms with Crippen molar-refractivity contribution in [3.05, 3.63) is 35.8 Å². The van der Waals surface area contributed by atoms with Crippen molar-refractivity contribution >= 4 is 22.9 Å². The number of pyridine rings is 1. The molecule has 0 aliphatic heterocycles. The highest BCUT2D eigenvalue weighted by Crippen LogP contribution is 2.35. The maximum absolute atomic E-state index is 13.2. The number of amides is 1. The monoisotopic (exact) mass is 473 g/mol. The van der Waals surface area contributed by atoms with Gasteiger partial charge in [0.15, 0.2) is 0 Å². The van der Waals surface area contributed by atoms with Crippen molar-refractivity contribution in [3.8, 4) is 17.3 Å². The Morgan fingerprint density at radius 2 is 2.09 bits per heavy atom. The van der Waals surface area contributed by atoms with Crippen molar-refractivity contribution in [2.45, 2.75) is 43.9 Å². The first-order valence-corrected chi connectivity index (χ1v) is 10.6. The zero-order valence-electron chi connectivity index (χ0n) is 18.2. The van der Waals surface area contributed by atoms with Crippen LogP contribution < -0.4 is 10.6 Å². The van der Waals surface area contributed by atoms with E-state index in [0.717, 1.165) is 31.5 Å². The van der Waals surface area contributed by atoms with Crippen molar-refractivity contribution in [3.63, 3.8) is 0 Å². The first-order valence-electron chi connectivity index (χ1n) is 10.6. The highest BCUT2D eigenvalue weighted by Gasteiger charge is 2.32. The Morgan fingerprint density at radius 3 is 2.82 bits per heavy atom. The quantitative estimate of drug-likeness (QED) is 0.501. The van der Waals surface area contributed by atoms with Crippen LogP contribution in [0, 0.1) is 11.3 Å². The SMILES string of the molecule is COCC(=O)NC1CCCC(Nc2ncc(C#N)c(-c3c[nH]c4ncc(C(F)(F)F)cc34)n2)C1. The van der Waals surface area contributed by atoms with Gasteiger partial charge >= 0.3 is 6.18 Å². The number of hydrogen-bond acceptors (Lipinski definition) is 7. The van der Waals surface area contributed by atoms with E-state index in [2.05, 4.69) is 30.6 Å². The molecule has 4 rings (SSSR count). The topological polar surface area (TPSA) is 129 Å². The van der Waals surface area contributed by atoms with Gasteiger partial charge in [0.05, 0.1) is 23.0 Å². The molecule has 3 aromatic heterocycles. The summed E-state index contributed by atoms with van der Waals surface area (Å²) in [5.41, 5.74) is 0.00626. The number of rotatable bonds is 6. The summed E-state index contributed by atoms with van der Waals surface area (Å²) in [5, 5.41) is 15.9. The predicted molar refractivity (Wildman–Crippen MR) is 117 cm³/mol. The normalized spacial score (nSPS) is 18.4. The van der Waals surface area contributed by atoms with Gasteiger partial charge in [-0.1, -0.05) is 0 Å². The number of nitrogens with one attached hydrogen (secondary N) is 3. The van der Waals surface area contributed by atoms with Crippen LogP contribution in [0.5, 0.6) is 0 Å². The number of aromatic nitrogens is 4. The molecule has 3 aromatic rings. The smallest absolute Gasteiger partial charge is 0.375 e. The number of methoxy groups -OCH3 is 1. The maximum atomic E-state index is 13.2. The zero-order chi connectivity index (χ0) is 24.3. The molecule has 178 valence electrons. The van der Waals surface area contributed by atoms with E-state index in [-0.39, 0.29) is 52.8 Å². The van der Waals surface area contributed by atoms with Crippen LogP contribution in [0.1, 0.15) is 36.8 Å². The van der Waals surface area contributed by atoms with Crippen LogP contribution in [-0.2, 0) is 15.7 Å². The number of hydrogen-bond donors (Lipinski definition) is 3. The summed E-state index contributed by atoms with van der Waals surface area (Å²) < 4.78 is 44.5. The molecule has 9 nitrogen and oxygen atoms in total. The molecular weight excluding hydrogens is 451 g/mol. The third-order valence-electron chi connectivity index (χ3n) is 5.67. The lowest BCUT2D eigenvalue weighted by atomic mass is 9.91. The fourth-order valence-electron chi connectivity index (χ4n) is 4.13. The second-order valence-corrected chi connectivity index (χ2v) is 8.09. The molecular formula is C22H22F3N7O2. The fourth-order valence-corrected chi connectivity index (χ4v) is 4.13. The van der Waals surface area contributed by atoms with Gasteiger partial charge in [-0.3, -0.25) is 4.79 Å². The minimum Gasteiger partial charge on any atom is -0.375 e. The number of ether oxygens (including phenoxy) is 1. The van der Waals surface area contributed by atoms with Crippen molar-refractivity contribution in [2.75, 3.05) is 19.0 Å². The zero-order valence-corrected chi connectivity index (χ0v) is 18.2. The van der Waals surface area contributed by atoms with Gasteiger partial charge in [0.2, 0.25) is 11.9 Å². The van der Waals surface area contributed by atoms with Crippen LogP contribution >= 0.6 is 0 Å². The van der Waals surface area contributed by atoms with Crippen LogP contribution in [0.4, 0.5) is 19.1 Å². The standard InChI is InChI=1S/C22H22F3N7O2/c1-34-11-18(33)30-14-3-2-4-15(6-14)31-21-29-8-12(7-26)19(32-21)17-10-28-20-16(17)5-13(9-27-20)22(23,24)25/h5,8-10,14-15H,2-4,6,11H2,1H3,(H,27,28)(H,30,33)(H,29,31,32). The molecule has 3 N–H and O–H groups in total. The molecule has 12 heteroatoms. The lowest BCUT2D eigenvalue weighted by molar-refractivity contribution is -0.137. The van der Waals surface area contributed by atoms with Crippen molar-refractivity contribution in [1.29, 1.82) is 5.26 Å². The summed E-state index contributed by atoms with van der Waals surface area (Å²) in [6.07, 6.45) is 2.23. The van der Waals surface area contributed by atoms with E-state index in [1.54, 1.807) is 0 Å². The second kappa shape index (κ2) is 9.64. The van der Waals surface area contributed by atoms with E-state index >= 15 is 0 Å². The van der Waals surface area contributed by atoms with Crippen molar-refractivity contribution < 1.29 is 22.7 Å². The second-order valence-electron chi connectivity index (χ2n) is 8.09. The molecule has 0 aromatic carbocycles. The van der Waals surface area contributed by atoms with E-state index in [1.807, 2.05) is 6.07 Å². The lowest BCUT2D eigenvalue weighted by Crippen LogP contribution is -2.43. The Kier molecular flexibility index (Phi) is 6.65. The molecule has 1 amide bonds. The number of carbonyl (C=O) groups is 1. The van der Waals surface area contributed by atoms with E-state index in [9.17, 15) is 23.2 Å². The molecule has 2 unspecified atom stereocenters. The average Bonchev–Trinajstić information content (AvgIpc) is 3.22. The summed E-state index contributed by atoms with van der Waals surface area (Å²) in [6, 6.07) is 2.94. The third kappa shape index (κ3) is 5.09. The molecule has 0 spiro atoms. The minimum absolute atomic E-state index is 0.00772. The highest BCUT2D eigenvalue weighted by atomic mass is 19.4. The molecule has 34 heavy (non-hydrogen) atoms. The number of nitrogens with zero attached hydrogens (tertiary/aromatic N) is 4. The summed E-state index contributed by atoms with van der Waals surface area (Å²) in [5.74, 6) is 0.0633. The van der Waals surface area contributed by atoms with Crippen LogP contribution in [0.2, 0.25) is 0 Å². The molecule has 1 aliphatic rings. The fraction of sp³-hybridized carbons (Fsp3) is 0.409. The first kappa shape index (κ1) is 23.4. The van der Waals surface area contributed by atoms with Crippen LogP contribution in [0.15, 0.2) is 24.7 Å². The molecule has 0 radical (unpaired) electrons. The van der Waals surface area contributed by atoms with Crippen LogP contribution in [0.3, 0.4) is 0 Å². The number of nitriles is 1. The largest absolute Gasteiger partial charge is 0.417 e. The van der Waals surface area contributed by atoms with Crippen molar-refractivity contribution in [1.82, 2.24) is 25.3 Å². The van der Waals surface area contributed by atoms with E-state index < -0.39 is 11.7 Å². The Labute approximate surface area is 192 Å². The number of fused-ring (bicyclic) bond motifs is 1. The molecule has 0 bridgehead atoms. The van der Waals surface area contributed by atoms with E-state index in [4.69, 9.17) is 4.74 Å². The molecule has 0 saturated heterocycles. The number of halogens is 3. The van der Waals surface area contributed by atoms with Crippen molar-refractivity contribution in [2.24, 2.45) is 0 Å². The molecule has 2 atom stereocenters. The van der Waals surface area contributed by atoms with E-state index in [0.29, 0.717) is 12.0 Å². The summed E-state index contributed by atoms with van der Waals surface area (Å²) >= 11 is 0. The first-order chi connectivity index (χ1) is 16.3. The minimum atomic E-state index is -4.55. The molecule has 1 aliphatic carbocycles. The van der Waals surface area contributed by atoms with Gasteiger partial charge in [0.25, 0.3) is 0 Å². The molecule has 3 heterocycles. The maximum Gasteiger partial charge on any atom is 0.417 e. The summed E-state index contributed by atoms with van der Waals surface area (Å²) in [4.78, 5) is 27.2. The Balaban J connectivity index is 1.60. The van der Waals surface area contributed by atoms with Crippen LogP contribution in [-0.4, -0.2) is 51.6 Å². The highest BCUT2D eigenvalue weighted by molar-refractivity contribution is 5.94. The third-order valence-corrected chi connectivity index (χ3v) is 5.67. The number of aromatic amines is 1. The van der Waals surface area contributed by atoms with Gasteiger partial charge in [0, 0.05) is 42.5 Å². The van der Waals surface area contributed by atoms with Gasteiger partial charge in [-0.15, -0.1) is 0 Å². The lowest BCUT2D eigenvalue weighted by Gasteiger charge is -2.30. The van der Waals surface area contributed by atoms with Crippen LogP contribution in [0.25, 0.3) is 22.3 Å². The van der Waals surface area contributed by atoms with Gasteiger partial charge in [-0.25, -0.2) is 15.0 Å². The number of alkyl halides is 3. The predicted octanol–water partition coefficient (Wildman–Crippen LogP) is 3.40. The van der Waals surface area contributed by atoms with E-state index in [1.165, 1.54) is 19.5 Å². The Hall–Kier alpha value is -3.72. The summed E-state index contributed by atoms with van der Waals surface area (Å²) in [6.45, 7) is -0.00772. The Morgan fingerprint density at radius 1 is 1.29 bits per heavy atom. The average molecular weight is 473 g/mol. The number of anilines is 1.